The molecule has 1 amide bonds. The first-order valence-corrected chi connectivity index (χ1v) is 12.1. The Morgan fingerprint density at radius 3 is 2.14 bits per heavy atom. The van der Waals surface area contributed by atoms with Crippen molar-refractivity contribution in [2.45, 2.75) is 37.9 Å². The second-order valence-corrected chi connectivity index (χ2v) is 9.29. The molecule has 0 unspecified atom stereocenters. The molecule has 226 valence electrons. The van der Waals surface area contributed by atoms with E-state index in [-0.39, 0.29) is 37.8 Å². The van der Waals surface area contributed by atoms with Gasteiger partial charge in [-0.1, -0.05) is 12.1 Å². The van der Waals surface area contributed by atoms with Crippen molar-refractivity contribution in [2.75, 3.05) is 18.0 Å². The van der Waals surface area contributed by atoms with Gasteiger partial charge in [-0.05, 0) is 31.0 Å². The van der Waals surface area contributed by atoms with Crippen LogP contribution in [0.5, 0.6) is 0 Å². The highest BCUT2D eigenvalue weighted by molar-refractivity contribution is 5.79. The summed E-state index contributed by atoms with van der Waals surface area (Å²) in [7, 11) is 0. The molecule has 0 atom stereocenters. The second kappa shape index (κ2) is 11.2. The van der Waals surface area contributed by atoms with Crippen molar-refractivity contribution < 1.29 is 48.7 Å². The predicted octanol–water partition coefficient (Wildman–Crippen LogP) is 5.56. The van der Waals surface area contributed by atoms with Gasteiger partial charge >= 0.3 is 18.5 Å². The van der Waals surface area contributed by atoms with E-state index in [1.165, 1.54) is 12.1 Å². The fourth-order valence-electron chi connectivity index (χ4n) is 4.40. The molecule has 3 heterocycles. The van der Waals surface area contributed by atoms with Gasteiger partial charge in [0.05, 0.1) is 11.1 Å². The topological polar surface area (TPSA) is 91.0 Å². The van der Waals surface area contributed by atoms with E-state index in [1.54, 1.807) is 9.88 Å². The Morgan fingerprint density at radius 1 is 0.905 bits per heavy atom. The van der Waals surface area contributed by atoms with Gasteiger partial charge in [0, 0.05) is 37.2 Å². The molecule has 42 heavy (non-hydrogen) atoms. The molecular formula is C25H19F10N5O2. The summed E-state index contributed by atoms with van der Waals surface area (Å²) < 4.78 is 134. The first kappa shape index (κ1) is 30.8. The van der Waals surface area contributed by atoms with Crippen molar-refractivity contribution in [3.63, 3.8) is 0 Å². The number of aromatic amines is 1. The quantitative estimate of drug-likeness (QED) is 0.369. The lowest BCUT2D eigenvalue weighted by Crippen LogP contribution is -2.40. The van der Waals surface area contributed by atoms with Gasteiger partial charge in [-0.3, -0.25) is 9.59 Å². The molecule has 3 aromatic rings. The molecule has 2 N–H and O–H groups in total. The minimum absolute atomic E-state index is 0.00708. The van der Waals surface area contributed by atoms with Gasteiger partial charge in [-0.15, -0.1) is 0 Å². The molecule has 0 aliphatic carbocycles. The van der Waals surface area contributed by atoms with E-state index >= 15 is 4.39 Å². The van der Waals surface area contributed by atoms with Crippen LogP contribution in [-0.2, 0) is 29.9 Å². The van der Waals surface area contributed by atoms with Gasteiger partial charge in [-0.25, -0.2) is 14.4 Å². The first-order chi connectivity index (χ1) is 19.4. The summed E-state index contributed by atoms with van der Waals surface area (Å²) in [6.07, 6.45) is -14.8. The van der Waals surface area contributed by atoms with Gasteiger partial charge < -0.3 is 15.2 Å². The number of aromatic nitrogens is 3. The van der Waals surface area contributed by atoms with Crippen molar-refractivity contribution in [3.8, 4) is 11.4 Å². The van der Waals surface area contributed by atoms with E-state index in [0.29, 0.717) is 12.1 Å². The zero-order valence-electron chi connectivity index (χ0n) is 21.0. The Hall–Kier alpha value is -4.18. The molecular weight excluding hydrogens is 592 g/mol. The SMILES string of the molecule is O=C(NCc1ccc(C(F)(F)F)c(-c2nc(C(F)(F)F)cc(=O)[nH]2)c1F)C1CCN(c2cccc(C(F)(F)F)n2)CC1. The molecule has 0 radical (unpaired) electrons. The fourth-order valence-corrected chi connectivity index (χ4v) is 4.40. The lowest BCUT2D eigenvalue weighted by molar-refractivity contribution is -0.142. The summed E-state index contributed by atoms with van der Waals surface area (Å²) in [4.78, 5) is 34.3. The van der Waals surface area contributed by atoms with Crippen LogP contribution in [0.3, 0.4) is 0 Å². The minimum atomic E-state index is -5.24. The smallest absolute Gasteiger partial charge is 0.357 e. The third-order valence-electron chi connectivity index (χ3n) is 6.46. The number of hydrogen-bond acceptors (Lipinski definition) is 5. The normalized spacial score (nSPS) is 15.1. The summed E-state index contributed by atoms with van der Waals surface area (Å²) in [5, 5.41) is 2.36. The number of alkyl halides is 9. The van der Waals surface area contributed by atoms with Gasteiger partial charge in [0.15, 0.2) is 5.69 Å². The standard InChI is InChI=1S/C25H19F10N5O2/c26-20-13(4-5-14(23(27,28)29)19(20)21-38-16(25(33,34)35)10-18(41)39-21)11-36-22(42)12-6-8-40(9-7-12)17-3-1-2-15(37-17)24(30,31)32/h1-5,10,12H,6-9,11H2,(H,36,42)(H,38,39,41). The summed E-state index contributed by atoms with van der Waals surface area (Å²) in [5.41, 5.74) is -8.05. The van der Waals surface area contributed by atoms with E-state index in [1.807, 2.05) is 0 Å². The number of halogens is 10. The lowest BCUT2D eigenvalue weighted by atomic mass is 9.95. The third-order valence-corrected chi connectivity index (χ3v) is 6.46. The second-order valence-electron chi connectivity index (χ2n) is 9.29. The molecule has 1 aliphatic rings. The molecule has 1 fully saturated rings. The van der Waals surface area contributed by atoms with E-state index in [9.17, 15) is 49.1 Å². The minimum Gasteiger partial charge on any atom is -0.357 e. The summed E-state index contributed by atoms with van der Waals surface area (Å²) >= 11 is 0. The van der Waals surface area contributed by atoms with Crippen LogP contribution in [-0.4, -0.2) is 33.9 Å². The van der Waals surface area contributed by atoms with Crippen LogP contribution in [0.4, 0.5) is 49.7 Å². The number of amides is 1. The van der Waals surface area contributed by atoms with E-state index in [0.717, 1.165) is 6.07 Å². The number of carbonyl (C=O) groups excluding carboxylic acids is 1. The van der Waals surface area contributed by atoms with Crippen molar-refractivity contribution in [1.29, 1.82) is 0 Å². The number of hydrogen-bond donors (Lipinski definition) is 2. The number of H-pyrrole nitrogens is 1. The summed E-state index contributed by atoms with van der Waals surface area (Å²) in [5.74, 6) is -4.20. The Kier molecular flexibility index (Phi) is 8.24. The molecule has 1 aromatic carbocycles. The zero-order valence-corrected chi connectivity index (χ0v) is 21.0. The molecule has 0 spiro atoms. The number of piperidine rings is 1. The number of rotatable bonds is 5. The Morgan fingerprint density at radius 2 is 1.55 bits per heavy atom. The van der Waals surface area contributed by atoms with Crippen molar-refractivity contribution in [2.24, 2.45) is 5.92 Å². The van der Waals surface area contributed by atoms with Crippen LogP contribution >= 0.6 is 0 Å². The van der Waals surface area contributed by atoms with Gasteiger partial charge in [0.25, 0.3) is 5.56 Å². The predicted molar refractivity (Wildman–Crippen MR) is 126 cm³/mol. The van der Waals surface area contributed by atoms with Crippen LogP contribution in [0.15, 0.2) is 41.2 Å². The fraction of sp³-hybridized carbons (Fsp3) is 0.360. The third kappa shape index (κ3) is 6.82. The molecule has 1 aliphatic heterocycles. The molecule has 2 aromatic heterocycles. The van der Waals surface area contributed by atoms with Crippen LogP contribution in [0.2, 0.25) is 0 Å². The van der Waals surface area contributed by atoms with E-state index < -0.39 is 82.2 Å². The molecule has 0 saturated carbocycles. The van der Waals surface area contributed by atoms with Gasteiger partial charge in [0.1, 0.15) is 23.2 Å². The number of benzene rings is 1. The monoisotopic (exact) mass is 611 g/mol. The maximum atomic E-state index is 15.4. The Bertz CT molecular complexity index is 1520. The average molecular weight is 611 g/mol. The van der Waals surface area contributed by atoms with Gasteiger partial charge in [-0.2, -0.15) is 39.5 Å². The number of pyridine rings is 1. The van der Waals surface area contributed by atoms with Gasteiger partial charge in [0.2, 0.25) is 5.91 Å². The highest BCUT2D eigenvalue weighted by Crippen LogP contribution is 2.39. The molecule has 0 bridgehead atoms. The maximum Gasteiger partial charge on any atom is 0.433 e. The number of nitrogens with zero attached hydrogens (tertiary/aromatic N) is 3. The van der Waals surface area contributed by atoms with E-state index in [4.69, 9.17) is 0 Å². The van der Waals surface area contributed by atoms with E-state index in [2.05, 4.69) is 15.3 Å². The summed E-state index contributed by atoms with van der Waals surface area (Å²) in [6.45, 7) is -0.353. The first-order valence-electron chi connectivity index (χ1n) is 12.1. The Labute approximate surface area is 229 Å². The lowest BCUT2D eigenvalue weighted by Gasteiger charge is -2.32. The number of nitrogens with one attached hydrogen (secondary N) is 2. The largest absolute Gasteiger partial charge is 0.433 e. The van der Waals surface area contributed by atoms with Crippen LogP contribution in [0.1, 0.15) is 35.4 Å². The molecule has 4 rings (SSSR count). The number of anilines is 1. The molecule has 7 nitrogen and oxygen atoms in total. The maximum absolute atomic E-state index is 15.4. The average Bonchev–Trinajstić information content (AvgIpc) is 2.90. The highest BCUT2D eigenvalue weighted by atomic mass is 19.4. The van der Waals surface area contributed by atoms with Crippen LogP contribution in [0.25, 0.3) is 11.4 Å². The molecule has 17 heteroatoms. The zero-order chi connectivity index (χ0) is 31.0. The number of carbonyl (C=O) groups is 1. The van der Waals surface area contributed by atoms with Crippen molar-refractivity contribution in [3.05, 3.63) is 75.1 Å². The van der Waals surface area contributed by atoms with Crippen molar-refractivity contribution in [1.82, 2.24) is 20.3 Å². The van der Waals surface area contributed by atoms with Crippen LogP contribution in [0, 0.1) is 11.7 Å². The Balaban J connectivity index is 1.51. The molecule has 1 saturated heterocycles. The van der Waals surface area contributed by atoms with Crippen molar-refractivity contribution >= 4 is 11.7 Å². The highest BCUT2D eigenvalue weighted by Gasteiger charge is 2.39. The summed E-state index contributed by atoms with van der Waals surface area (Å²) in [6, 6.07) is 4.48. The van der Waals surface area contributed by atoms with Crippen LogP contribution < -0.4 is 15.8 Å².